The Balaban J connectivity index is 1.79. The molecular weight excluding hydrogens is 326 g/mol. The molecule has 1 aromatic carbocycles. The van der Waals surface area contributed by atoms with Gasteiger partial charge < -0.3 is 15.5 Å². The van der Waals surface area contributed by atoms with Gasteiger partial charge in [0.15, 0.2) is 0 Å². The Bertz CT molecular complexity index is 797. The van der Waals surface area contributed by atoms with Crippen LogP contribution in [0.4, 0.5) is 17.2 Å². The van der Waals surface area contributed by atoms with Crippen LogP contribution in [0.3, 0.4) is 0 Å². The van der Waals surface area contributed by atoms with Gasteiger partial charge in [0.05, 0.1) is 0 Å². The molecular formula is C20H27N5O. The largest absolute Gasteiger partial charge is 0.372 e. The molecule has 2 aromatic rings. The van der Waals surface area contributed by atoms with Gasteiger partial charge >= 0.3 is 0 Å². The highest BCUT2D eigenvalue weighted by molar-refractivity contribution is 5.93. The molecule has 3 rings (SSSR count). The van der Waals surface area contributed by atoms with Gasteiger partial charge in [-0.15, -0.1) is 0 Å². The van der Waals surface area contributed by atoms with Crippen LogP contribution < -0.4 is 15.5 Å². The number of anilines is 3. The van der Waals surface area contributed by atoms with Gasteiger partial charge in [0.2, 0.25) is 0 Å². The van der Waals surface area contributed by atoms with Gasteiger partial charge in [-0.05, 0) is 64.3 Å². The summed E-state index contributed by atoms with van der Waals surface area (Å²) in [6.45, 7) is 10.1. The van der Waals surface area contributed by atoms with E-state index >= 15 is 0 Å². The summed E-state index contributed by atoms with van der Waals surface area (Å²) in [4.78, 5) is 23.3. The Morgan fingerprint density at radius 2 is 1.88 bits per heavy atom. The fraction of sp³-hybridized carbons (Fsp3) is 0.450. The highest BCUT2D eigenvalue weighted by atomic mass is 16.2. The zero-order valence-electron chi connectivity index (χ0n) is 16.0. The topological polar surface area (TPSA) is 70.2 Å². The lowest BCUT2D eigenvalue weighted by molar-refractivity contribution is 0.0945. The fourth-order valence-corrected chi connectivity index (χ4v) is 2.95. The van der Waals surface area contributed by atoms with Gasteiger partial charge in [-0.2, -0.15) is 0 Å². The van der Waals surface area contributed by atoms with Crippen LogP contribution in [0.5, 0.6) is 0 Å². The van der Waals surface area contributed by atoms with Crippen molar-refractivity contribution in [1.29, 1.82) is 0 Å². The molecule has 0 unspecified atom stereocenters. The van der Waals surface area contributed by atoms with Crippen LogP contribution in [0.1, 0.15) is 48.6 Å². The van der Waals surface area contributed by atoms with Crippen molar-refractivity contribution in [3.8, 4) is 0 Å². The molecule has 0 radical (unpaired) electrons. The van der Waals surface area contributed by atoms with Gasteiger partial charge in [-0.3, -0.25) is 4.79 Å². The predicted octanol–water partition coefficient (Wildman–Crippen LogP) is 3.58. The number of amides is 1. The molecule has 0 spiro atoms. The molecule has 138 valence electrons. The highest BCUT2D eigenvalue weighted by Gasteiger charge is 2.24. The summed E-state index contributed by atoms with van der Waals surface area (Å²) in [5.41, 5.74) is 3.73. The van der Waals surface area contributed by atoms with E-state index in [1.165, 1.54) is 5.69 Å². The zero-order chi connectivity index (χ0) is 18.7. The van der Waals surface area contributed by atoms with E-state index < -0.39 is 0 Å². The van der Waals surface area contributed by atoms with Crippen LogP contribution >= 0.6 is 0 Å². The van der Waals surface area contributed by atoms with E-state index in [9.17, 15) is 4.79 Å². The molecule has 0 aliphatic heterocycles. The minimum Gasteiger partial charge on any atom is -0.372 e. The number of hydrogen-bond donors (Lipinski definition) is 2. The molecule has 6 nitrogen and oxygen atoms in total. The summed E-state index contributed by atoms with van der Waals surface area (Å²) in [5.74, 6) is 1.08. The molecule has 2 N–H and O–H groups in total. The van der Waals surface area contributed by atoms with Crippen molar-refractivity contribution in [3.05, 3.63) is 41.3 Å². The normalized spacial score (nSPS) is 13.4. The summed E-state index contributed by atoms with van der Waals surface area (Å²) in [5, 5.41) is 6.30. The van der Waals surface area contributed by atoms with Gasteiger partial charge in [0.25, 0.3) is 5.91 Å². The third kappa shape index (κ3) is 4.31. The van der Waals surface area contributed by atoms with Crippen LogP contribution in [0.25, 0.3) is 0 Å². The smallest absolute Gasteiger partial charge is 0.270 e. The fourth-order valence-electron chi connectivity index (χ4n) is 2.95. The lowest BCUT2D eigenvalue weighted by atomic mass is 10.1. The number of rotatable bonds is 7. The van der Waals surface area contributed by atoms with E-state index in [0.717, 1.165) is 37.2 Å². The second-order valence-corrected chi connectivity index (χ2v) is 6.73. The van der Waals surface area contributed by atoms with E-state index in [-0.39, 0.29) is 5.91 Å². The summed E-state index contributed by atoms with van der Waals surface area (Å²) < 4.78 is 0. The number of nitrogens with zero attached hydrogens (tertiary/aromatic N) is 3. The Hall–Kier alpha value is -2.63. The number of aromatic nitrogens is 2. The number of benzene rings is 1. The Morgan fingerprint density at radius 3 is 2.50 bits per heavy atom. The number of carbonyl (C=O) groups excluding carboxylic acids is 1. The SMILES string of the molecule is CCN(CC)c1ccc(Nc2cc(C(=O)NC3CC3)nc(C)n2)c(C)c1. The van der Waals surface area contributed by atoms with E-state index in [1.807, 2.05) is 0 Å². The van der Waals surface area contributed by atoms with Crippen molar-refractivity contribution in [2.24, 2.45) is 0 Å². The maximum atomic E-state index is 12.3. The van der Waals surface area contributed by atoms with Crippen molar-refractivity contribution in [3.63, 3.8) is 0 Å². The first-order chi connectivity index (χ1) is 12.5. The molecule has 1 aromatic heterocycles. The van der Waals surface area contributed by atoms with Crippen LogP contribution in [0.2, 0.25) is 0 Å². The summed E-state index contributed by atoms with van der Waals surface area (Å²) >= 11 is 0. The molecule has 0 bridgehead atoms. The standard InChI is InChI=1S/C20H27N5O/c1-5-25(6-2)16-9-10-17(13(3)11-16)24-19-12-18(21-14(4)22-19)20(26)23-15-7-8-15/h9-12,15H,5-8H2,1-4H3,(H,23,26)(H,21,22,24). The van der Waals surface area contributed by atoms with Crippen LogP contribution in [0.15, 0.2) is 24.3 Å². The number of carbonyl (C=O) groups is 1. The first-order valence-corrected chi connectivity index (χ1v) is 9.29. The maximum Gasteiger partial charge on any atom is 0.270 e. The molecule has 1 aliphatic carbocycles. The Labute approximate surface area is 155 Å². The van der Waals surface area contributed by atoms with E-state index in [1.54, 1.807) is 13.0 Å². The summed E-state index contributed by atoms with van der Waals surface area (Å²) in [6.07, 6.45) is 2.11. The third-order valence-corrected chi connectivity index (χ3v) is 4.58. The molecule has 1 heterocycles. The van der Waals surface area contributed by atoms with Crippen molar-refractivity contribution in [1.82, 2.24) is 15.3 Å². The van der Waals surface area contributed by atoms with E-state index in [4.69, 9.17) is 0 Å². The zero-order valence-corrected chi connectivity index (χ0v) is 16.0. The predicted molar refractivity (Wildman–Crippen MR) is 105 cm³/mol. The molecule has 6 heteroatoms. The quantitative estimate of drug-likeness (QED) is 0.796. The molecule has 0 atom stereocenters. The van der Waals surface area contributed by atoms with E-state index in [0.29, 0.717) is 23.4 Å². The van der Waals surface area contributed by atoms with Gasteiger partial charge in [-0.25, -0.2) is 9.97 Å². The molecule has 1 aliphatic rings. The minimum atomic E-state index is -0.130. The first-order valence-electron chi connectivity index (χ1n) is 9.29. The summed E-state index contributed by atoms with van der Waals surface area (Å²) in [6, 6.07) is 8.36. The van der Waals surface area contributed by atoms with Crippen LogP contribution in [-0.2, 0) is 0 Å². The van der Waals surface area contributed by atoms with Gasteiger partial charge in [-0.1, -0.05) is 0 Å². The second kappa shape index (κ2) is 7.72. The molecule has 1 saturated carbocycles. The summed E-state index contributed by atoms with van der Waals surface area (Å²) in [7, 11) is 0. The van der Waals surface area contributed by atoms with Gasteiger partial charge in [0.1, 0.15) is 17.3 Å². The number of nitrogens with one attached hydrogen (secondary N) is 2. The first kappa shape index (κ1) is 18.2. The van der Waals surface area contributed by atoms with Gasteiger partial charge in [0, 0.05) is 36.6 Å². The highest BCUT2D eigenvalue weighted by Crippen LogP contribution is 2.25. The Kier molecular flexibility index (Phi) is 5.40. The van der Waals surface area contributed by atoms with Crippen molar-refractivity contribution in [2.75, 3.05) is 23.3 Å². The van der Waals surface area contributed by atoms with Crippen LogP contribution in [-0.4, -0.2) is 35.0 Å². The maximum absolute atomic E-state index is 12.3. The molecule has 1 fully saturated rings. The molecule has 26 heavy (non-hydrogen) atoms. The Morgan fingerprint density at radius 1 is 1.15 bits per heavy atom. The monoisotopic (exact) mass is 353 g/mol. The second-order valence-electron chi connectivity index (χ2n) is 6.73. The molecule has 1 amide bonds. The van der Waals surface area contributed by atoms with Crippen molar-refractivity contribution in [2.45, 2.75) is 46.6 Å². The van der Waals surface area contributed by atoms with E-state index in [2.05, 4.69) is 64.5 Å². The average molecular weight is 353 g/mol. The van der Waals surface area contributed by atoms with Crippen molar-refractivity contribution >= 4 is 23.1 Å². The van der Waals surface area contributed by atoms with Crippen LogP contribution in [0, 0.1) is 13.8 Å². The molecule has 0 saturated heterocycles. The average Bonchev–Trinajstić information content (AvgIpc) is 3.42. The number of aryl methyl sites for hydroxylation is 2. The lowest BCUT2D eigenvalue weighted by Gasteiger charge is -2.22. The number of hydrogen-bond acceptors (Lipinski definition) is 5. The lowest BCUT2D eigenvalue weighted by Crippen LogP contribution is -2.26. The third-order valence-electron chi connectivity index (χ3n) is 4.58. The minimum absolute atomic E-state index is 0.130. The van der Waals surface area contributed by atoms with Crippen molar-refractivity contribution < 1.29 is 4.79 Å².